The Morgan fingerprint density at radius 2 is 2.11 bits per heavy atom. The molecule has 18 heavy (non-hydrogen) atoms. The van der Waals surface area contributed by atoms with E-state index in [9.17, 15) is 9.18 Å². The molecule has 2 N–H and O–H groups in total. The van der Waals surface area contributed by atoms with Crippen LogP contribution in [-0.2, 0) is 16.0 Å². The van der Waals surface area contributed by atoms with E-state index in [0.29, 0.717) is 10.0 Å². The van der Waals surface area contributed by atoms with Crippen molar-refractivity contribution >= 4 is 21.9 Å². The Bertz CT molecular complexity index is 443. The molecular weight excluding hydrogens is 301 g/mol. The first-order valence-electron chi connectivity index (χ1n) is 5.61. The maximum Gasteiger partial charge on any atom is 0.323 e. The van der Waals surface area contributed by atoms with Crippen LogP contribution in [0.15, 0.2) is 22.7 Å². The molecule has 5 heteroatoms. The number of rotatable bonds is 3. The second-order valence-corrected chi connectivity index (χ2v) is 5.95. The molecule has 0 radical (unpaired) electrons. The lowest BCUT2D eigenvalue weighted by molar-refractivity contribution is -0.156. The van der Waals surface area contributed by atoms with Gasteiger partial charge >= 0.3 is 5.97 Å². The number of esters is 1. The number of carbonyl (C=O) groups excluding carboxylic acids is 1. The SMILES string of the molecule is CC(C)(C)OC(=O)C(N)Cc1ccc(Br)c(F)c1. The van der Waals surface area contributed by atoms with Gasteiger partial charge in [-0.15, -0.1) is 0 Å². The van der Waals surface area contributed by atoms with Gasteiger partial charge in [0, 0.05) is 0 Å². The molecule has 1 aromatic rings. The van der Waals surface area contributed by atoms with Crippen LogP contribution in [0.3, 0.4) is 0 Å². The summed E-state index contributed by atoms with van der Waals surface area (Å²) >= 11 is 3.07. The molecule has 0 bridgehead atoms. The van der Waals surface area contributed by atoms with Gasteiger partial charge in [0.2, 0.25) is 0 Å². The lowest BCUT2D eigenvalue weighted by Crippen LogP contribution is -2.38. The van der Waals surface area contributed by atoms with Crippen molar-refractivity contribution in [1.82, 2.24) is 0 Å². The maximum absolute atomic E-state index is 13.3. The molecule has 0 fully saturated rings. The first kappa shape index (κ1) is 15.1. The highest BCUT2D eigenvalue weighted by atomic mass is 79.9. The Hall–Kier alpha value is -0.940. The summed E-state index contributed by atoms with van der Waals surface area (Å²) in [6, 6.07) is 3.88. The van der Waals surface area contributed by atoms with Crippen LogP contribution in [0.4, 0.5) is 4.39 Å². The van der Waals surface area contributed by atoms with E-state index in [1.807, 2.05) is 0 Å². The number of hydrogen-bond donors (Lipinski definition) is 1. The zero-order valence-corrected chi connectivity index (χ0v) is 12.3. The van der Waals surface area contributed by atoms with E-state index in [0.717, 1.165) is 0 Å². The predicted molar refractivity (Wildman–Crippen MR) is 71.6 cm³/mol. The maximum atomic E-state index is 13.3. The van der Waals surface area contributed by atoms with Crippen LogP contribution in [-0.4, -0.2) is 17.6 Å². The molecule has 0 aliphatic carbocycles. The van der Waals surface area contributed by atoms with Gasteiger partial charge in [0.05, 0.1) is 4.47 Å². The van der Waals surface area contributed by atoms with Crippen LogP contribution >= 0.6 is 15.9 Å². The van der Waals surface area contributed by atoms with E-state index >= 15 is 0 Å². The average molecular weight is 318 g/mol. The number of nitrogens with two attached hydrogens (primary N) is 1. The Morgan fingerprint density at radius 1 is 1.50 bits per heavy atom. The first-order valence-corrected chi connectivity index (χ1v) is 6.41. The van der Waals surface area contributed by atoms with Gasteiger partial charge in [-0.05, 0) is 60.8 Å². The normalized spacial score (nSPS) is 13.2. The highest BCUT2D eigenvalue weighted by Crippen LogP contribution is 2.17. The largest absolute Gasteiger partial charge is 0.459 e. The minimum atomic E-state index is -0.787. The highest BCUT2D eigenvalue weighted by Gasteiger charge is 2.22. The van der Waals surface area contributed by atoms with E-state index < -0.39 is 17.6 Å². The fourth-order valence-corrected chi connectivity index (χ4v) is 1.63. The molecule has 100 valence electrons. The summed E-state index contributed by atoms with van der Waals surface area (Å²) in [4.78, 5) is 11.7. The van der Waals surface area contributed by atoms with Gasteiger partial charge in [0.25, 0.3) is 0 Å². The molecule has 1 aromatic carbocycles. The Morgan fingerprint density at radius 3 is 2.61 bits per heavy atom. The van der Waals surface area contributed by atoms with Crippen LogP contribution in [0.5, 0.6) is 0 Å². The van der Waals surface area contributed by atoms with Crippen molar-refractivity contribution < 1.29 is 13.9 Å². The van der Waals surface area contributed by atoms with E-state index in [1.165, 1.54) is 6.07 Å². The highest BCUT2D eigenvalue weighted by molar-refractivity contribution is 9.10. The van der Waals surface area contributed by atoms with E-state index in [-0.39, 0.29) is 12.2 Å². The summed E-state index contributed by atoms with van der Waals surface area (Å²) in [5.74, 6) is -0.852. The molecule has 0 spiro atoms. The predicted octanol–water partition coefficient (Wildman–Crippen LogP) is 2.80. The second kappa shape index (κ2) is 5.80. The van der Waals surface area contributed by atoms with Crippen molar-refractivity contribution in [1.29, 1.82) is 0 Å². The van der Waals surface area contributed by atoms with Gasteiger partial charge in [-0.2, -0.15) is 0 Å². The minimum Gasteiger partial charge on any atom is -0.459 e. The smallest absolute Gasteiger partial charge is 0.323 e. The molecule has 0 aliphatic rings. The molecule has 0 saturated carbocycles. The molecule has 1 rings (SSSR count). The van der Waals surface area contributed by atoms with Crippen LogP contribution in [0, 0.1) is 5.82 Å². The molecular formula is C13H17BrFNO2. The number of carbonyl (C=O) groups is 1. The summed E-state index contributed by atoms with van der Waals surface area (Å²) in [5, 5.41) is 0. The summed E-state index contributed by atoms with van der Waals surface area (Å²) in [5.41, 5.74) is 5.83. The summed E-state index contributed by atoms with van der Waals surface area (Å²) in [6.45, 7) is 5.32. The van der Waals surface area contributed by atoms with Gasteiger partial charge < -0.3 is 10.5 Å². The van der Waals surface area contributed by atoms with Gasteiger partial charge in [0.15, 0.2) is 0 Å². The molecule has 0 saturated heterocycles. The topological polar surface area (TPSA) is 52.3 Å². The van der Waals surface area contributed by atoms with Gasteiger partial charge in [-0.25, -0.2) is 4.39 Å². The third-order valence-electron chi connectivity index (χ3n) is 2.15. The van der Waals surface area contributed by atoms with Crippen LogP contribution in [0.25, 0.3) is 0 Å². The lowest BCUT2D eigenvalue weighted by Gasteiger charge is -2.22. The number of benzene rings is 1. The van der Waals surface area contributed by atoms with Crippen molar-refractivity contribution in [2.45, 2.75) is 38.8 Å². The number of hydrogen-bond acceptors (Lipinski definition) is 3. The number of halogens is 2. The molecule has 0 aliphatic heterocycles. The van der Waals surface area contributed by atoms with Crippen LogP contribution in [0.1, 0.15) is 26.3 Å². The van der Waals surface area contributed by atoms with Crippen molar-refractivity contribution in [3.05, 3.63) is 34.1 Å². The third-order valence-corrected chi connectivity index (χ3v) is 2.79. The fraction of sp³-hybridized carbons (Fsp3) is 0.462. The fourth-order valence-electron chi connectivity index (χ4n) is 1.38. The monoisotopic (exact) mass is 317 g/mol. The first-order chi connectivity index (χ1) is 8.19. The van der Waals surface area contributed by atoms with Crippen LogP contribution < -0.4 is 5.73 Å². The average Bonchev–Trinajstić information content (AvgIpc) is 2.21. The van der Waals surface area contributed by atoms with Gasteiger partial charge in [-0.3, -0.25) is 4.79 Å². The van der Waals surface area contributed by atoms with Crippen LogP contribution in [0.2, 0.25) is 0 Å². The third kappa shape index (κ3) is 4.74. The van der Waals surface area contributed by atoms with Crippen molar-refractivity contribution in [3.8, 4) is 0 Å². The van der Waals surface area contributed by atoms with Gasteiger partial charge in [0.1, 0.15) is 17.5 Å². The summed E-state index contributed by atoms with van der Waals surface area (Å²) in [6.07, 6.45) is 0.249. The molecule has 0 amide bonds. The van der Waals surface area contributed by atoms with E-state index in [2.05, 4.69) is 15.9 Å². The minimum absolute atomic E-state index is 0.249. The lowest BCUT2D eigenvalue weighted by atomic mass is 10.1. The Kier molecular flexibility index (Phi) is 4.87. The molecule has 0 aromatic heterocycles. The zero-order chi connectivity index (χ0) is 13.9. The molecule has 1 atom stereocenters. The molecule has 0 heterocycles. The second-order valence-electron chi connectivity index (χ2n) is 5.09. The van der Waals surface area contributed by atoms with Crippen molar-refractivity contribution in [2.75, 3.05) is 0 Å². The van der Waals surface area contributed by atoms with E-state index in [1.54, 1.807) is 32.9 Å². The van der Waals surface area contributed by atoms with Crippen molar-refractivity contribution in [2.24, 2.45) is 5.73 Å². The van der Waals surface area contributed by atoms with Crippen molar-refractivity contribution in [3.63, 3.8) is 0 Å². The Labute approximate surface area is 115 Å². The summed E-state index contributed by atoms with van der Waals surface area (Å²) < 4.78 is 18.8. The van der Waals surface area contributed by atoms with E-state index in [4.69, 9.17) is 10.5 Å². The molecule has 1 unspecified atom stereocenters. The van der Waals surface area contributed by atoms with Gasteiger partial charge in [-0.1, -0.05) is 6.07 Å². The standard InChI is InChI=1S/C13H17BrFNO2/c1-13(2,3)18-12(17)11(16)7-8-4-5-9(14)10(15)6-8/h4-6,11H,7,16H2,1-3H3. The quantitative estimate of drug-likeness (QED) is 0.872. The molecule has 3 nitrogen and oxygen atoms in total. The summed E-state index contributed by atoms with van der Waals surface area (Å²) in [7, 11) is 0. The Balaban J connectivity index is 2.66. The zero-order valence-electron chi connectivity index (χ0n) is 10.7. The number of ether oxygens (including phenoxy) is 1.